The lowest BCUT2D eigenvalue weighted by Gasteiger charge is -1.92. The predicted molar refractivity (Wildman–Crippen MR) is 49.7 cm³/mol. The Morgan fingerprint density at radius 1 is 1.58 bits per heavy atom. The van der Waals surface area contributed by atoms with E-state index in [1.54, 1.807) is 5.38 Å². The molecule has 0 aliphatic carbocycles. The summed E-state index contributed by atoms with van der Waals surface area (Å²) in [4.78, 5) is 11.7. The van der Waals surface area contributed by atoms with Crippen molar-refractivity contribution in [2.24, 2.45) is 0 Å². The third-order valence-electron chi connectivity index (χ3n) is 1.29. The van der Waals surface area contributed by atoms with Crippen LogP contribution in [0, 0.1) is 0 Å². The van der Waals surface area contributed by atoms with Crippen LogP contribution in [0.2, 0.25) is 0 Å². The Morgan fingerprint density at radius 3 is 2.67 bits per heavy atom. The minimum absolute atomic E-state index is 0.0718. The summed E-state index contributed by atoms with van der Waals surface area (Å²) >= 11 is 1.26. The molecular weight excluding hydrogens is 172 g/mol. The zero-order chi connectivity index (χ0) is 9.14. The fraction of sp³-hybridized carbons (Fsp3) is 0.222. The molecule has 0 radical (unpaired) electrons. The van der Waals surface area contributed by atoms with E-state index in [1.165, 1.54) is 23.5 Å². The highest BCUT2D eigenvalue weighted by molar-refractivity contribution is 7.12. The molecule has 0 amide bonds. The molecule has 1 aromatic rings. The highest BCUT2D eigenvalue weighted by Gasteiger charge is 2.08. The lowest BCUT2D eigenvalue weighted by atomic mass is 10.2. The van der Waals surface area contributed by atoms with Gasteiger partial charge >= 0.3 is 0 Å². The van der Waals surface area contributed by atoms with Gasteiger partial charge in [0.15, 0.2) is 5.78 Å². The summed E-state index contributed by atoms with van der Waals surface area (Å²) in [6, 6.07) is 1.52. The Hall–Kier alpha value is -1.09. The highest BCUT2D eigenvalue weighted by Crippen LogP contribution is 2.23. The summed E-state index contributed by atoms with van der Waals surface area (Å²) in [6.07, 6.45) is 1.52. The van der Waals surface area contributed by atoms with Crippen molar-refractivity contribution in [3.8, 4) is 5.75 Å². The monoisotopic (exact) mass is 182 g/mol. The summed E-state index contributed by atoms with van der Waals surface area (Å²) in [5.41, 5.74) is 0.938. The molecule has 2 nitrogen and oxygen atoms in total. The Morgan fingerprint density at radius 2 is 2.25 bits per heavy atom. The number of thiophene rings is 1. The Labute approximate surface area is 75.2 Å². The molecule has 0 atom stereocenters. The van der Waals surface area contributed by atoms with Crippen LogP contribution in [-0.4, -0.2) is 10.9 Å². The molecule has 12 heavy (non-hydrogen) atoms. The lowest BCUT2D eigenvalue weighted by Crippen LogP contribution is -1.90. The Balaban J connectivity index is 2.93. The quantitative estimate of drug-likeness (QED) is 0.564. The zero-order valence-corrected chi connectivity index (χ0v) is 7.81. The number of rotatable bonds is 2. The maximum absolute atomic E-state index is 11.3. The van der Waals surface area contributed by atoms with Crippen molar-refractivity contribution in [2.45, 2.75) is 13.8 Å². The number of hydrogen-bond acceptors (Lipinski definition) is 3. The van der Waals surface area contributed by atoms with E-state index in [2.05, 4.69) is 0 Å². The normalized spacial score (nSPS) is 9.50. The van der Waals surface area contributed by atoms with Gasteiger partial charge in [0, 0.05) is 0 Å². The summed E-state index contributed by atoms with van der Waals surface area (Å²) < 4.78 is 0. The summed E-state index contributed by atoms with van der Waals surface area (Å²) in [5.74, 6) is -0.0509. The molecule has 0 aliphatic heterocycles. The van der Waals surface area contributed by atoms with Gasteiger partial charge in [-0.05, 0) is 31.4 Å². The van der Waals surface area contributed by atoms with Crippen LogP contribution >= 0.6 is 11.3 Å². The minimum atomic E-state index is -0.123. The van der Waals surface area contributed by atoms with Crippen molar-refractivity contribution in [3.63, 3.8) is 0 Å². The topological polar surface area (TPSA) is 37.3 Å². The fourth-order valence-electron chi connectivity index (χ4n) is 0.815. The van der Waals surface area contributed by atoms with E-state index in [0.29, 0.717) is 4.88 Å². The van der Waals surface area contributed by atoms with E-state index in [4.69, 9.17) is 0 Å². The molecule has 3 heteroatoms. The van der Waals surface area contributed by atoms with Gasteiger partial charge in [-0.15, -0.1) is 11.3 Å². The van der Waals surface area contributed by atoms with Crippen molar-refractivity contribution in [1.29, 1.82) is 0 Å². The number of hydrogen-bond donors (Lipinski definition) is 1. The van der Waals surface area contributed by atoms with Crippen molar-refractivity contribution in [1.82, 2.24) is 0 Å². The van der Waals surface area contributed by atoms with Gasteiger partial charge in [0.1, 0.15) is 10.6 Å². The van der Waals surface area contributed by atoms with Crippen molar-refractivity contribution in [3.05, 3.63) is 28.0 Å². The molecule has 1 N–H and O–H groups in total. The van der Waals surface area contributed by atoms with Gasteiger partial charge in [-0.3, -0.25) is 4.79 Å². The smallest absolute Gasteiger partial charge is 0.199 e. The average molecular weight is 182 g/mol. The van der Waals surface area contributed by atoms with Crippen molar-refractivity contribution >= 4 is 17.1 Å². The van der Waals surface area contributed by atoms with Gasteiger partial charge < -0.3 is 5.11 Å². The number of ketones is 1. The van der Waals surface area contributed by atoms with Gasteiger partial charge in [0.05, 0.1) is 0 Å². The van der Waals surface area contributed by atoms with Gasteiger partial charge in [0.2, 0.25) is 0 Å². The van der Waals surface area contributed by atoms with Crippen molar-refractivity contribution < 1.29 is 9.90 Å². The molecule has 64 valence electrons. The molecule has 1 aromatic heterocycles. The van der Waals surface area contributed by atoms with E-state index >= 15 is 0 Å². The third-order valence-corrected chi connectivity index (χ3v) is 2.21. The minimum Gasteiger partial charge on any atom is -0.506 e. The van der Waals surface area contributed by atoms with Crippen LogP contribution in [0.3, 0.4) is 0 Å². The lowest BCUT2D eigenvalue weighted by molar-refractivity contribution is 0.104. The molecule has 0 fully saturated rings. The first-order valence-electron chi connectivity index (χ1n) is 3.57. The van der Waals surface area contributed by atoms with Crippen LogP contribution in [-0.2, 0) is 0 Å². The molecule has 0 bridgehead atoms. The fourth-order valence-corrected chi connectivity index (χ4v) is 1.51. The Kier molecular flexibility index (Phi) is 2.65. The first-order valence-corrected chi connectivity index (χ1v) is 4.45. The van der Waals surface area contributed by atoms with Crippen LogP contribution in [0.1, 0.15) is 23.5 Å². The molecule has 0 spiro atoms. The molecule has 1 heterocycles. The zero-order valence-electron chi connectivity index (χ0n) is 7.00. The summed E-state index contributed by atoms with van der Waals surface area (Å²) in [6.45, 7) is 3.70. The number of carbonyl (C=O) groups is 1. The second-order valence-corrected chi connectivity index (χ2v) is 3.64. The van der Waals surface area contributed by atoms with Crippen LogP contribution in [0.4, 0.5) is 0 Å². The number of allylic oxidation sites excluding steroid dienone is 2. The van der Waals surface area contributed by atoms with Crippen LogP contribution in [0.15, 0.2) is 23.1 Å². The molecule has 1 rings (SSSR count). The Bertz CT molecular complexity index is 319. The largest absolute Gasteiger partial charge is 0.506 e. The van der Waals surface area contributed by atoms with Gasteiger partial charge in [-0.1, -0.05) is 5.57 Å². The van der Waals surface area contributed by atoms with Crippen LogP contribution in [0.5, 0.6) is 5.75 Å². The molecular formula is C9H10O2S. The molecule has 0 unspecified atom stereocenters. The second-order valence-electron chi connectivity index (χ2n) is 2.72. The standard InChI is InChI=1S/C9H10O2S/c1-6(2)5-8(11)9-7(10)3-4-12-9/h3-5,10H,1-2H3. The maximum Gasteiger partial charge on any atom is 0.199 e. The molecule has 0 aromatic carbocycles. The van der Waals surface area contributed by atoms with E-state index < -0.39 is 0 Å². The first kappa shape index (κ1) is 9.00. The van der Waals surface area contributed by atoms with E-state index in [0.717, 1.165) is 5.57 Å². The van der Waals surface area contributed by atoms with Crippen LogP contribution < -0.4 is 0 Å². The van der Waals surface area contributed by atoms with E-state index in [1.807, 2.05) is 13.8 Å². The average Bonchev–Trinajstić information content (AvgIpc) is 2.33. The first-order chi connectivity index (χ1) is 5.61. The summed E-state index contributed by atoms with van der Waals surface area (Å²) in [7, 11) is 0. The van der Waals surface area contributed by atoms with Gasteiger partial charge in [-0.2, -0.15) is 0 Å². The molecule has 0 saturated heterocycles. The predicted octanol–water partition coefficient (Wildman–Crippen LogP) is 2.60. The summed E-state index contributed by atoms with van der Waals surface area (Å²) in [5, 5.41) is 10.9. The van der Waals surface area contributed by atoms with E-state index in [9.17, 15) is 9.90 Å². The second kappa shape index (κ2) is 3.54. The van der Waals surface area contributed by atoms with E-state index in [-0.39, 0.29) is 11.5 Å². The van der Waals surface area contributed by atoms with Gasteiger partial charge in [0.25, 0.3) is 0 Å². The number of carbonyl (C=O) groups excluding carboxylic acids is 1. The molecule has 0 saturated carbocycles. The molecule has 0 aliphatic rings. The van der Waals surface area contributed by atoms with Gasteiger partial charge in [-0.25, -0.2) is 0 Å². The maximum atomic E-state index is 11.3. The SMILES string of the molecule is CC(C)=CC(=O)c1sccc1O. The van der Waals surface area contributed by atoms with Crippen molar-refractivity contribution in [2.75, 3.05) is 0 Å². The highest BCUT2D eigenvalue weighted by atomic mass is 32.1. The number of aromatic hydroxyl groups is 1. The third kappa shape index (κ3) is 1.95. The van der Waals surface area contributed by atoms with Crippen LogP contribution in [0.25, 0.3) is 0 Å².